The van der Waals surface area contributed by atoms with Crippen LogP contribution in [-0.4, -0.2) is 27.2 Å². The third-order valence-corrected chi connectivity index (χ3v) is 5.65. The first kappa shape index (κ1) is 18.3. The zero-order chi connectivity index (χ0) is 19.2. The summed E-state index contributed by atoms with van der Waals surface area (Å²) in [6.07, 6.45) is -3.22. The van der Waals surface area contributed by atoms with Gasteiger partial charge in [-0.05, 0) is 42.6 Å². The summed E-state index contributed by atoms with van der Waals surface area (Å²) in [6.45, 7) is 0.839. The third kappa shape index (κ3) is 3.44. The van der Waals surface area contributed by atoms with Gasteiger partial charge in [0.1, 0.15) is 5.65 Å². The average Bonchev–Trinajstić information content (AvgIpc) is 3.30. The van der Waals surface area contributed by atoms with Crippen LogP contribution in [0.5, 0.6) is 0 Å². The van der Waals surface area contributed by atoms with E-state index >= 15 is 0 Å². The van der Waals surface area contributed by atoms with E-state index < -0.39 is 22.7 Å². The summed E-state index contributed by atoms with van der Waals surface area (Å²) in [5.41, 5.74) is -1.83. The summed E-state index contributed by atoms with van der Waals surface area (Å²) < 4.78 is 48.2. The summed E-state index contributed by atoms with van der Waals surface area (Å²) >= 11 is 6.49. The molecule has 3 aromatic heterocycles. The van der Waals surface area contributed by atoms with Gasteiger partial charge in [-0.1, -0.05) is 6.07 Å². The van der Waals surface area contributed by atoms with E-state index in [0.29, 0.717) is 11.5 Å². The Hall–Kier alpha value is -2.04. The lowest BCUT2D eigenvalue weighted by Gasteiger charge is -2.17. The van der Waals surface area contributed by atoms with Crippen LogP contribution in [0.1, 0.15) is 18.4 Å². The van der Waals surface area contributed by atoms with E-state index in [-0.39, 0.29) is 28.8 Å². The van der Waals surface area contributed by atoms with Gasteiger partial charge >= 0.3 is 6.18 Å². The minimum Gasteiger partial charge on any atom is -0.376 e. The van der Waals surface area contributed by atoms with E-state index in [1.54, 1.807) is 17.5 Å². The van der Waals surface area contributed by atoms with Gasteiger partial charge < -0.3 is 4.74 Å². The highest BCUT2D eigenvalue weighted by Crippen LogP contribution is 2.36. The first-order chi connectivity index (χ1) is 12.8. The molecule has 1 saturated heterocycles. The molecule has 1 atom stereocenters. The highest BCUT2D eigenvalue weighted by molar-refractivity contribution is 7.71. The van der Waals surface area contributed by atoms with Gasteiger partial charge in [0.05, 0.1) is 34.2 Å². The Morgan fingerprint density at radius 3 is 2.89 bits per heavy atom. The van der Waals surface area contributed by atoms with Crippen LogP contribution >= 0.6 is 23.6 Å². The maximum atomic E-state index is 13.7. The molecule has 1 unspecified atom stereocenters. The maximum Gasteiger partial charge on any atom is 0.417 e. The Balaban J connectivity index is 2.04. The van der Waals surface area contributed by atoms with Gasteiger partial charge in [-0.25, -0.2) is 4.98 Å². The number of hydrogen-bond donors (Lipinski definition) is 1. The highest BCUT2D eigenvalue weighted by atomic mass is 32.1. The van der Waals surface area contributed by atoms with Crippen molar-refractivity contribution >= 4 is 34.6 Å². The standard InChI is InChI=1S/C17H14F3N3O2S2/c18-17(19,20)10-7-11(12-4-2-6-27-12)21-14-13(10)15(24)22-16(26)23(14)8-9-3-1-5-25-9/h2,4,6-7,9H,1,3,5,8H2,(H,22,24,26). The maximum absolute atomic E-state index is 13.7. The molecule has 0 aromatic carbocycles. The first-order valence-corrected chi connectivity index (χ1v) is 9.54. The normalized spacial score (nSPS) is 17.7. The van der Waals surface area contributed by atoms with Crippen LogP contribution in [0.2, 0.25) is 0 Å². The molecule has 1 aliphatic rings. The molecule has 4 heterocycles. The van der Waals surface area contributed by atoms with E-state index in [1.165, 1.54) is 15.9 Å². The number of ether oxygens (including phenoxy) is 1. The summed E-state index contributed by atoms with van der Waals surface area (Å²) in [6, 6.07) is 4.34. The van der Waals surface area contributed by atoms with Crippen LogP contribution in [0.3, 0.4) is 0 Å². The molecule has 10 heteroatoms. The van der Waals surface area contributed by atoms with Crippen molar-refractivity contribution in [1.29, 1.82) is 0 Å². The number of nitrogens with zero attached hydrogens (tertiary/aromatic N) is 2. The molecule has 1 aliphatic heterocycles. The summed E-state index contributed by atoms with van der Waals surface area (Å²) in [7, 11) is 0. The minimum absolute atomic E-state index is 0.0342. The molecular formula is C17H14F3N3O2S2. The van der Waals surface area contributed by atoms with Crippen molar-refractivity contribution in [1.82, 2.24) is 14.5 Å². The molecule has 0 saturated carbocycles. The quantitative estimate of drug-likeness (QED) is 0.648. The summed E-state index contributed by atoms with van der Waals surface area (Å²) in [4.78, 5) is 19.7. The van der Waals surface area contributed by atoms with Crippen molar-refractivity contribution in [2.75, 3.05) is 6.61 Å². The third-order valence-electron chi connectivity index (χ3n) is 4.44. The molecule has 0 bridgehead atoms. The smallest absolute Gasteiger partial charge is 0.376 e. The number of fused-ring (bicyclic) bond motifs is 1. The van der Waals surface area contributed by atoms with Crippen molar-refractivity contribution in [3.05, 3.63) is 44.3 Å². The lowest BCUT2D eigenvalue weighted by molar-refractivity contribution is -0.136. The minimum atomic E-state index is -4.70. The number of aromatic amines is 1. The van der Waals surface area contributed by atoms with E-state index in [0.717, 1.165) is 18.9 Å². The largest absolute Gasteiger partial charge is 0.417 e. The zero-order valence-corrected chi connectivity index (χ0v) is 15.5. The molecule has 0 radical (unpaired) electrons. The first-order valence-electron chi connectivity index (χ1n) is 8.25. The predicted octanol–water partition coefficient (Wildman–Crippen LogP) is 4.38. The van der Waals surface area contributed by atoms with Crippen molar-refractivity contribution in [3.63, 3.8) is 0 Å². The number of halogens is 3. The Bertz CT molecular complexity index is 1100. The molecular weight excluding hydrogens is 399 g/mol. The number of thiophene rings is 1. The van der Waals surface area contributed by atoms with Gasteiger partial charge in [-0.15, -0.1) is 11.3 Å². The fraction of sp³-hybridized carbons (Fsp3) is 0.353. The lowest BCUT2D eigenvalue weighted by atomic mass is 10.1. The van der Waals surface area contributed by atoms with E-state index in [1.807, 2.05) is 0 Å². The van der Waals surface area contributed by atoms with E-state index in [9.17, 15) is 18.0 Å². The van der Waals surface area contributed by atoms with Crippen LogP contribution in [0, 0.1) is 4.77 Å². The second kappa shape index (κ2) is 6.84. The van der Waals surface area contributed by atoms with Gasteiger partial charge in [0, 0.05) is 6.61 Å². The molecule has 0 aliphatic carbocycles. The van der Waals surface area contributed by atoms with Crippen molar-refractivity contribution in [3.8, 4) is 10.6 Å². The topological polar surface area (TPSA) is 59.9 Å². The van der Waals surface area contributed by atoms with E-state index in [4.69, 9.17) is 17.0 Å². The van der Waals surface area contributed by atoms with Crippen LogP contribution < -0.4 is 5.56 Å². The Kier molecular flexibility index (Phi) is 4.65. The second-order valence-corrected chi connectivity index (χ2v) is 7.57. The SMILES string of the molecule is O=c1[nH]c(=S)n(CC2CCCO2)c2nc(-c3cccs3)cc(C(F)(F)F)c12. The predicted molar refractivity (Wildman–Crippen MR) is 98.5 cm³/mol. The lowest BCUT2D eigenvalue weighted by Crippen LogP contribution is -2.24. The van der Waals surface area contributed by atoms with Gasteiger partial charge in [0.15, 0.2) is 4.77 Å². The summed E-state index contributed by atoms with van der Waals surface area (Å²) in [5, 5.41) is 1.25. The van der Waals surface area contributed by atoms with Crippen molar-refractivity contribution in [2.24, 2.45) is 0 Å². The van der Waals surface area contributed by atoms with Crippen LogP contribution in [0.4, 0.5) is 13.2 Å². The molecule has 4 rings (SSSR count). The number of alkyl halides is 3. The Morgan fingerprint density at radius 1 is 1.44 bits per heavy atom. The fourth-order valence-electron chi connectivity index (χ4n) is 3.21. The van der Waals surface area contributed by atoms with Crippen molar-refractivity contribution < 1.29 is 17.9 Å². The highest BCUT2D eigenvalue weighted by Gasteiger charge is 2.36. The number of aromatic nitrogens is 3. The number of H-pyrrole nitrogens is 1. The van der Waals surface area contributed by atoms with Gasteiger partial charge in [-0.3, -0.25) is 14.3 Å². The molecule has 5 nitrogen and oxygen atoms in total. The number of rotatable bonds is 3. The fourth-order valence-corrected chi connectivity index (χ4v) is 4.15. The molecule has 1 N–H and O–H groups in total. The number of nitrogens with one attached hydrogen (secondary N) is 1. The van der Waals surface area contributed by atoms with Gasteiger partial charge in [0.2, 0.25) is 0 Å². The molecule has 0 amide bonds. The molecule has 3 aromatic rings. The monoisotopic (exact) mass is 413 g/mol. The Morgan fingerprint density at radius 2 is 2.26 bits per heavy atom. The van der Waals surface area contributed by atoms with Gasteiger partial charge in [0.25, 0.3) is 5.56 Å². The molecule has 142 valence electrons. The number of pyridine rings is 1. The van der Waals surface area contributed by atoms with Crippen LogP contribution in [0.15, 0.2) is 28.4 Å². The average molecular weight is 413 g/mol. The zero-order valence-electron chi connectivity index (χ0n) is 13.9. The summed E-state index contributed by atoms with van der Waals surface area (Å²) in [5.74, 6) is 0. The van der Waals surface area contributed by atoms with Crippen molar-refractivity contribution in [2.45, 2.75) is 31.7 Å². The number of hydrogen-bond acceptors (Lipinski definition) is 5. The van der Waals surface area contributed by atoms with Gasteiger partial charge in [-0.2, -0.15) is 13.2 Å². The molecule has 27 heavy (non-hydrogen) atoms. The van der Waals surface area contributed by atoms with E-state index in [2.05, 4.69) is 9.97 Å². The second-order valence-electron chi connectivity index (χ2n) is 6.23. The van der Waals surface area contributed by atoms with Crippen LogP contribution in [0.25, 0.3) is 21.6 Å². The molecule has 0 spiro atoms. The van der Waals surface area contributed by atoms with Crippen LogP contribution in [-0.2, 0) is 17.5 Å². The Labute approximate surface area is 160 Å². The molecule has 1 fully saturated rings.